The summed E-state index contributed by atoms with van der Waals surface area (Å²) in [6.07, 6.45) is 1.26. The van der Waals surface area contributed by atoms with Crippen molar-refractivity contribution in [3.05, 3.63) is 23.6 Å². The van der Waals surface area contributed by atoms with Crippen molar-refractivity contribution in [3.8, 4) is 6.07 Å². The minimum atomic E-state index is -0.577. The Morgan fingerprint density at radius 2 is 2.33 bits per heavy atom. The average Bonchev–Trinajstić information content (AvgIpc) is 2.49. The quantitative estimate of drug-likeness (QED) is 0.789. The molecule has 1 aromatic heterocycles. The lowest BCUT2D eigenvalue weighted by atomic mass is 10.2. The van der Waals surface area contributed by atoms with E-state index in [0.29, 0.717) is 25.5 Å². The predicted molar refractivity (Wildman–Crippen MR) is 76.4 cm³/mol. The number of anilines is 1. The first-order chi connectivity index (χ1) is 10.1. The number of ether oxygens (including phenoxy) is 1. The van der Waals surface area contributed by atoms with E-state index in [1.807, 2.05) is 13.0 Å². The van der Waals surface area contributed by atoms with Crippen LogP contribution in [-0.2, 0) is 4.74 Å². The molecule has 0 radical (unpaired) electrons. The zero-order chi connectivity index (χ0) is 15.7. The second-order valence-corrected chi connectivity index (χ2v) is 4.27. The van der Waals surface area contributed by atoms with Crippen LogP contribution < -0.4 is 5.32 Å². The van der Waals surface area contributed by atoms with E-state index < -0.39 is 5.82 Å². The normalized spacial score (nSPS) is 10.0. The van der Waals surface area contributed by atoms with Crippen molar-refractivity contribution in [2.24, 2.45) is 0 Å². The van der Waals surface area contributed by atoms with E-state index in [9.17, 15) is 9.18 Å². The summed E-state index contributed by atoms with van der Waals surface area (Å²) < 4.78 is 18.3. The Morgan fingerprint density at radius 1 is 1.57 bits per heavy atom. The lowest BCUT2D eigenvalue weighted by Crippen LogP contribution is -2.35. The predicted octanol–water partition coefficient (Wildman–Crippen LogP) is 1.65. The molecule has 0 spiro atoms. The minimum absolute atomic E-state index is 0.158. The summed E-state index contributed by atoms with van der Waals surface area (Å²) in [5, 5.41) is 11.6. The second kappa shape index (κ2) is 8.87. The van der Waals surface area contributed by atoms with Crippen LogP contribution in [0.1, 0.15) is 23.7 Å². The van der Waals surface area contributed by atoms with Crippen molar-refractivity contribution < 1.29 is 13.9 Å². The Labute approximate surface area is 123 Å². The van der Waals surface area contributed by atoms with Crippen LogP contribution in [-0.4, -0.2) is 49.1 Å². The molecule has 1 rings (SSSR count). The topological polar surface area (TPSA) is 78.3 Å². The maximum atomic E-state index is 13.4. The zero-order valence-corrected chi connectivity index (χ0v) is 12.2. The maximum absolute atomic E-state index is 13.4. The van der Waals surface area contributed by atoms with Gasteiger partial charge in [-0.15, -0.1) is 0 Å². The minimum Gasteiger partial charge on any atom is -0.383 e. The number of nitriles is 1. The fourth-order valence-corrected chi connectivity index (χ4v) is 1.78. The van der Waals surface area contributed by atoms with Gasteiger partial charge in [-0.2, -0.15) is 5.26 Å². The number of carbonyl (C=O) groups excluding carboxylic acids is 1. The molecular weight excluding hydrogens is 275 g/mol. The van der Waals surface area contributed by atoms with E-state index in [0.717, 1.165) is 12.3 Å². The fraction of sp³-hybridized carbons (Fsp3) is 0.500. The third-order valence-electron chi connectivity index (χ3n) is 2.78. The third-order valence-corrected chi connectivity index (χ3v) is 2.78. The van der Waals surface area contributed by atoms with Gasteiger partial charge in [0.25, 0.3) is 5.91 Å². The number of halogens is 1. The standard InChI is InChI=1S/C14H19FN4O2/c1-3-17-13-12(9-11(15)10-18-13)14(20)19(6-4-5-16)7-8-21-2/h9-10H,3-4,6-8H2,1-2H3,(H,17,18). The Bertz CT molecular complexity index is 516. The summed E-state index contributed by atoms with van der Waals surface area (Å²) in [5.74, 6) is -0.611. The molecule has 7 heteroatoms. The molecular formula is C14H19FN4O2. The Balaban J connectivity index is 3.00. The van der Waals surface area contributed by atoms with Crippen LogP contribution in [0.2, 0.25) is 0 Å². The summed E-state index contributed by atoms with van der Waals surface area (Å²) in [7, 11) is 1.53. The first-order valence-electron chi connectivity index (χ1n) is 6.68. The molecule has 0 aliphatic rings. The van der Waals surface area contributed by atoms with Gasteiger partial charge in [-0.1, -0.05) is 0 Å². The van der Waals surface area contributed by atoms with Crippen LogP contribution in [0.5, 0.6) is 0 Å². The van der Waals surface area contributed by atoms with Crippen molar-refractivity contribution in [2.45, 2.75) is 13.3 Å². The maximum Gasteiger partial charge on any atom is 0.257 e. The molecule has 0 unspecified atom stereocenters. The van der Waals surface area contributed by atoms with Crippen LogP contribution in [0.4, 0.5) is 10.2 Å². The molecule has 0 aliphatic heterocycles. The second-order valence-electron chi connectivity index (χ2n) is 4.27. The van der Waals surface area contributed by atoms with E-state index in [1.54, 1.807) is 0 Å². The van der Waals surface area contributed by atoms with Crippen LogP contribution in [0.3, 0.4) is 0 Å². The molecule has 114 valence electrons. The highest BCUT2D eigenvalue weighted by Gasteiger charge is 2.20. The first-order valence-corrected chi connectivity index (χ1v) is 6.68. The van der Waals surface area contributed by atoms with Crippen LogP contribution >= 0.6 is 0 Å². The summed E-state index contributed by atoms with van der Waals surface area (Å²) in [5.41, 5.74) is 0.158. The van der Waals surface area contributed by atoms with E-state index >= 15 is 0 Å². The van der Waals surface area contributed by atoms with Crippen molar-refractivity contribution in [1.29, 1.82) is 5.26 Å². The van der Waals surface area contributed by atoms with E-state index in [4.69, 9.17) is 10.00 Å². The number of amides is 1. The highest BCUT2D eigenvalue weighted by atomic mass is 19.1. The molecule has 0 bridgehead atoms. The monoisotopic (exact) mass is 294 g/mol. The molecule has 0 fully saturated rings. The van der Waals surface area contributed by atoms with Gasteiger partial charge in [0.1, 0.15) is 11.6 Å². The van der Waals surface area contributed by atoms with Gasteiger partial charge >= 0.3 is 0 Å². The lowest BCUT2D eigenvalue weighted by Gasteiger charge is -2.22. The number of methoxy groups -OCH3 is 1. The lowest BCUT2D eigenvalue weighted by molar-refractivity contribution is 0.0700. The molecule has 0 atom stereocenters. The number of nitrogens with one attached hydrogen (secondary N) is 1. The Kier molecular flexibility index (Phi) is 7.12. The van der Waals surface area contributed by atoms with Crippen molar-refractivity contribution in [2.75, 3.05) is 38.7 Å². The Morgan fingerprint density at radius 3 is 2.95 bits per heavy atom. The SMILES string of the molecule is CCNc1ncc(F)cc1C(=O)N(CCC#N)CCOC. The van der Waals surface area contributed by atoms with Gasteiger partial charge in [0.05, 0.1) is 30.9 Å². The first kappa shape index (κ1) is 16.9. The molecule has 21 heavy (non-hydrogen) atoms. The number of rotatable bonds is 8. The van der Waals surface area contributed by atoms with Crippen LogP contribution in [0, 0.1) is 17.1 Å². The van der Waals surface area contributed by atoms with Gasteiger partial charge < -0.3 is 15.0 Å². The third kappa shape index (κ3) is 5.00. The van der Waals surface area contributed by atoms with Crippen molar-refractivity contribution >= 4 is 11.7 Å². The van der Waals surface area contributed by atoms with Gasteiger partial charge in [0.2, 0.25) is 0 Å². The molecule has 1 N–H and O–H groups in total. The smallest absolute Gasteiger partial charge is 0.257 e. The van der Waals surface area contributed by atoms with Gasteiger partial charge in [-0.05, 0) is 13.0 Å². The van der Waals surface area contributed by atoms with Crippen LogP contribution in [0.15, 0.2) is 12.3 Å². The number of aromatic nitrogens is 1. The van der Waals surface area contributed by atoms with Crippen molar-refractivity contribution in [1.82, 2.24) is 9.88 Å². The van der Waals surface area contributed by atoms with Gasteiger partial charge in [0, 0.05) is 26.7 Å². The molecule has 6 nitrogen and oxygen atoms in total. The summed E-state index contributed by atoms with van der Waals surface area (Å²) >= 11 is 0. The highest BCUT2D eigenvalue weighted by Crippen LogP contribution is 2.16. The molecule has 1 heterocycles. The van der Waals surface area contributed by atoms with Crippen molar-refractivity contribution in [3.63, 3.8) is 0 Å². The molecule has 0 saturated heterocycles. The number of hydrogen-bond donors (Lipinski definition) is 1. The summed E-state index contributed by atoms with van der Waals surface area (Å²) in [4.78, 5) is 17.9. The largest absolute Gasteiger partial charge is 0.383 e. The zero-order valence-electron chi connectivity index (χ0n) is 12.2. The number of pyridine rings is 1. The molecule has 1 amide bonds. The van der Waals surface area contributed by atoms with E-state index in [1.165, 1.54) is 12.0 Å². The number of hydrogen-bond acceptors (Lipinski definition) is 5. The number of carbonyl (C=O) groups is 1. The van der Waals surface area contributed by atoms with Gasteiger partial charge in [-0.3, -0.25) is 4.79 Å². The molecule has 1 aromatic rings. The van der Waals surface area contributed by atoms with Crippen LogP contribution in [0.25, 0.3) is 0 Å². The fourth-order valence-electron chi connectivity index (χ4n) is 1.78. The van der Waals surface area contributed by atoms with Gasteiger partial charge in [0.15, 0.2) is 0 Å². The molecule has 0 aliphatic carbocycles. The molecule has 0 saturated carbocycles. The van der Waals surface area contributed by atoms with E-state index in [2.05, 4.69) is 10.3 Å². The number of nitrogens with zero attached hydrogens (tertiary/aromatic N) is 3. The summed E-state index contributed by atoms with van der Waals surface area (Å²) in [6.45, 7) is 3.36. The van der Waals surface area contributed by atoms with Gasteiger partial charge in [-0.25, -0.2) is 9.37 Å². The highest BCUT2D eigenvalue weighted by molar-refractivity contribution is 5.98. The molecule has 0 aromatic carbocycles. The summed E-state index contributed by atoms with van der Waals surface area (Å²) in [6, 6.07) is 3.14. The average molecular weight is 294 g/mol. The Hall–Kier alpha value is -2.20. The van der Waals surface area contributed by atoms with E-state index in [-0.39, 0.29) is 24.4 Å².